The molecule has 0 aliphatic heterocycles. The fourth-order valence-electron chi connectivity index (χ4n) is 2.82. The first-order valence-corrected chi connectivity index (χ1v) is 13.8. The van der Waals surface area contributed by atoms with E-state index in [0.717, 1.165) is 22.4 Å². The van der Waals surface area contributed by atoms with Gasteiger partial charge < -0.3 is 0 Å². The van der Waals surface area contributed by atoms with Gasteiger partial charge in [-0.3, -0.25) is 0 Å². The molecule has 1 heterocycles. The van der Waals surface area contributed by atoms with E-state index in [2.05, 4.69) is 25.5 Å². The molecule has 0 spiro atoms. The Labute approximate surface area is 185 Å². The topological polar surface area (TPSA) is 120 Å². The molecule has 0 saturated carbocycles. The third-order valence-electron chi connectivity index (χ3n) is 4.36. The molecule has 4 rings (SSSR count). The van der Waals surface area contributed by atoms with Gasteiger partial charge in [0.2, 0.25) is 0 Å². The van der Waals surface area contributed by atoms with Gasteiger partial charge in [0.25, 0.3) is 0 Å². The molecule has 0 atom stereocenters. The van der Waals surface area contributed by atoms with Crippen molar-refractivity contribution in [2.75, 3.05) is 11.6 Å². The summed E-state index contributed by atoms with van der Waals surface area (Å²) in [5.41, 5.74) is 2.88. The Kier molecular flexibility index (Phi) is 6.20. The molecule has 1 aromatic heterocycles. The largest absolute Gasteiger partial charge is 0.222 e. The third kappa shape index (κ3) is 5.21. The molecule has 0 aliphatic carbocycles. The van der Waals surface area contributed by atoms with Crippen LogP contribution in [0.15, 0.2) is 88.2 Å². The van der Waals surface area contributed by atoms with Crippen LogP contribution in [0.3, 0.4) is 0 Å². The molecule has 0 amide bonds. The summed E-state index contributed by atoms with van der Waals surface area (Å²) in [5.74, 6) is 0.732. The van der Waals surface area contributed by atoms with Crippen molar-refractivity contribution in [2.24, 2.45) is 10.2 Å². The van der Waals surface area contributed by atoms with Crippen LogP contribution in [0.4, 0.5) is 22.9 Å². The zero-order valence-corrected chi connectivity index (χ0v) is 19.1. The summed E-state index contributed by atoms with van der Waals surface area (Å²) in [6.07, 6.45) is 1.94. The predicted octanol–water partition coefficient (Wildman–Crippen LogP) is 4.07. The van der Waals surface area contributed by atoms with E-state index in [9.17, 15) is 11.9 Å². The van der Waals surface area contributed by atoms with Crippen molar-refractivity contribution < 1.29 is 11.9 Å². The zero-order chi connectivity index (χ0) is 21.8. The minimum absolute atomic E-state index is 0.00868. The van der Waals surface area contributed by atoms with Crippen LogP contribution in [-0.4, -0.2) is 38.6 Å². The first-order valence-electron chi connectivity index (χ1n) is 9.18. The van der Waals surface area contributed by atoms with E-state index in [1.165, 1.54) is 36.0 Å². The van der Waals surface area contributed by atoms with Crippen LogP contribution in [0.5, 0.6) is 0 Å². The molecule has 10 heteroatoms. The van der Waals surface area contributed by atoms with Gasteiger partial charge >= 0.3 is 117 Å². The SMILES string of the molecule is CSc1nc(Nc2ccc(N=Nc3ccc([As](=O)(O)O)cc3)cc2)c2ccccc2n1. The summed E-state index contributed by atoms with van der Waals surface area (Å²) < 4.78 is 29.7. The Hall–Kier alpha value is -2.97. The quantitative estimate of drug-likeness (QED) is 0.160. The van der Waals surface area contributed by atoms with Gasteiger partial charge in [-0.2, -0.15) is 0 Å². The van der Waals surface area contributed by atoms with Crippen molar-refractivity contribution in [2.45, 2.75) is 5.16 Å². The summed E-state index contributed by atoms with van der Waals surface area (Å²) in [4.78, 5) is 9.11. The van der Waals surface area contributed by atoms with Crippen LogP contribution >= 0.6 is 11.8 Å². The van der Waals surface area contributed by atoms with Gasteiger partial charge in [-0.15, -0.1) is 0 Å². The molecule has 31 heavy (non-hydrogen) atoms. The van der Waals surface area contributed by atoms with Gasteiger partial charge in [-0.05, 0) is 18.4 Å². The van der Waals surface area contributed by atoms with Crippen molar-refractivity contribution in [3.8, 4) is 0 Å². The van der Waals surface area contributed by atoms with Gasteiger partial charge in [0.05, 0.1) is 5.52 Å². The van der Waals surface area contributed by atoms with E-state index in [4.69, 9.17) is 0 Å². The smallest absolute Gasteiger partial charge is 0.0770 e. The van der Waals surface area contributed by atoms with Gasteiger partial charge in [-0.25, -0.2) is 9.97 Å². The number of para-hydroxylation sites is 1. The van der Waals surface area contributed by atoms with Crippen molar-refractivity contribution in [1.29, 1.82) is 0 Å². The molecular formula is C21H18AsN5O3S. The van der Waals surface area contributed by atoms with Crippen LogP contribution in [0.2, 0.25) is 0 Å². The van der Waals surface area contributed by atoms with E-state index in [-0.39, 0.29) is 4.35 Å². The number of aromatic nitrogens is 2. The summed E-state index contributed by atoms with van der Waals surface area (Å²) in [6, 6.07) is 21.0. The second-order valence-electron chi connectivity index (χ2n) is 6.51. The van der Waals surface area contributed by atoms with Gasteiger partial charge in [0.15, 0.2) is 5.16 Å². The Morgan fingerprint density at radius 1 is 0.871 bits per heavy atom. The van der Waals surface area contributed by atoms with Crippen LogP contribution in [0.1, 0.15) is 0 Å². The maximum absolute atomic E-state index is 11.3. The number of anilines is 2. The monoisotopic (exact) mass is 495 g/mol. The molecule has 156 valence electrons. The average Bonchev–Trinajstić information content (AvgIpc) is 2.78. The number of fused-ring (bicyclic) bond motifs is 1. The normalized spacial score (nSPS) is 11.8. The molecule has 0 radical (unpaired) electrons. The van der Waals surface area contributed by atoms with Gasteiger partial charge in [-0.1, -0.05) is 23.9 Å². The van der Waals surface area contributed by atoms with Crippen molar-refractivity contribution >= 4 is 64.1 Å². The molecular weight excluding hydrogens is 477 g/mol. The third-order valence-corrected chi connectivity index (χ3v) is 6.95. The van der Waals surface area contributed by atoms with Crippen LogP contribution in [0, 0.1) is 0 Å². The van der Waals surface area contributed by atoms with Gasteiger partial charge in [0, 0.05) is 5.39 Å². The molecule has 8 nitrogen and oxygen atoms in total. The molecule has 0 unspecified atom stereocenters. The predicted molar refractivity (Wildman–Crippen MR) is 122 cm³/mol. The molecule has 3 aromatic carbocycles. The fourth-order valence-corrected chi connectivity index (χ4v) is 4.32. The van der Waals surface area contributed by atoms with Crippen molar-refractivity contribution in [3.63, 3.8) is 0 Å². The molecule has 3 N–H and O–H groups in total. The zero-order valence-electron chi connectivity index (χ0n) is 16.4. The number of rotatable bonds is 6. The molecule has 0 bridgehead atoms. The number of benzene rings is 3. The summed E-state index contributed by atoms with van der Waals surface area (Å²) in [6.45, 7) is 0. The minimum atomic E-state index is -4.88. The van der Waals surface area contributed by atoms with Crippen molar-refractivity contribution in [1.82, 2.24) is 9.97 Å². The number of hydrogen-bond acceptors (Lipinski definition) is 7. The molecule has 4 aromatic rings. The maximum atomic E-state index is 11.3. The first kappa shape index (κ1) is 21.3. The second-order valence-corrected chi connectivity index (χ2v) is 10.6. The number of nitrogens with zero attached hydrogens (tertiary/aromatic N) is 4. The number of hydrogen-bond donors (Lipinski definition) is 3. The number of nitrogens with one attached hydrogen (secondary N) is 1. The molecule has 0 saturated heterocycles. The molecule has 0 aliphatic rings. The fraction of sp³-hybridized carbons (Fsp3) is 0.0476. The summed E-state index contributed by atoms with van der Waals surface area (Å²) in [5, 5.41) is 13.2. The number of azo groups is 1. The Morgan fingerprint density at radius 3 is 2.10 bits per heavy atom. The Balaban J connectivity index is 1.51. The Bertz CT molecular complexity index is 1290. The van der Waals surface area contributed by atoms with E-state index in [1.54, 1.807) is 0 Å². The standard InChI is InChI=1S/C21H18AsN5O3S/c1-31-21-24-19-5-3-2-4-18(19)20(25-21)23-15-10-12-17(13-11-15)27-26-16-8-6-14(7-9-16)22(28,29)30/h2-13H,1H3,(H,23,24,25)(H2,28,29,30). The van der Waals surface area contributed by atoms with Crippen LogP contribution < -0.4 is 9.67 Å². The summed E-state index contributed by atoms with van der Waals surface area (Å²) in [7, 11) is 0. The number of thioether (sulfide) groups is 1. The van der Waals surface area contributed by atoms with E-state index < -0.39 is 14.2 Å². The van der Waals surface area contributed by atoms with Crippen molar-refractivity contribution in [3.05, 3.63) is 72.8 Å². The summed E-state index contributed by atoms with van der Waals surface area (Å²) >= 11 is -3.40. The molecule has 0 fully saturated rings. The van der Waals surface area contributed by atoms with Gasteiger partial charge in [0.1, 0.15) is 0 Å². The average molecular weight is 495 g/mol. The Morgan fingerprint density at radius 2 is 1.48 bits per heavy atom. The van der Waals surface area contributed by atoms with Crippen LogP contribution in [0.25, 0.3) is 10.9 Å². The van der Waals surface area contributed by atoms with E-state index in [0.29, 0.717) is 16.5 Å². The first-order chi connectivity index (χ1) is 14.9. The van der Waals surface area contributed by atoms with E-state index >= 15 is 0 Å². The second kappa shape index (κ2) is 9.03. The maximum Gasteiger partial charge on any atom is 0.0770 e. The van der Waals surface area contributed by atoms with Crippen LogP contribution in [-0.2, 0) is 3.74 Å². The van der Waals surface area contributed by atoms with E-state index in [1.807, 2.05) is 54.8 Å². The minimum Gasteiger partial charge on any atom is -0.222 e.